The third kappa shape index (κ3) is 3.32. The van der Waals surface area contributed by atoms with Crippen molar-refractivity contribution in [1.82, 2.24) is 15.2 Å². The molecular formula is C18H18ClN3O2. The van der Waals surface area contributed by atoms with E-state index in [0.717, 1.165) is 22.9 Å². The minimum Gasteiger partial charge on any atom is -0.507 e. The Balaban J connectivity index is 2.11. The molecule has 5 nitrogen and oxygen atoms in total. The molecule has 1 N–H and O–H groups in total. The molecule has 0 saturated carbocycles. The number of hydrogen-bond acceptors (Lipinski definition) is 5. The van der Waals surface area contributed by atoms with Crippen LogP contribution in [0.25, 0.3) is 22.0 Å². The quantitative estimate of drug-likeness (QED) is 0.761. The van der Waals surface area contributed by atoms with Gasteiger partial charge in [0, 0.05) is 47.5 Å². The zero-order valence-electron chi connectivity index (χ0n) is 13.5. The number of halogens is 1. The minimum atomic E-state index is 0.0791. The molecule has 6 heteroatoms. The van der Waals surface area contributed by atoms with E-state index in [1.165, 1.54) is 6.07 Å². The van der Waals surface area contributed by atoms with Gasteiger partial charge in [0.2, 0.25) is 0 Å². The largest absolute Gasteiger partial charge is 0.507 e. The monoisotopic (exact) mass is 343 g/mol. The predicted octanol–water partition coefficient (Wildman–Crippen LogP) is 3.88. The lowest BCUT2D eigenvalue weighted by molar-refractivity contribution is 0.159. The van der Waals surface area contributed by atoms with Gasteiger partial charge in [-0.25, -0.2) is 0 Å². The molecule has 0 aliphatic carbocycles. The lowest BCUT2D eigenvalue weighted by Crippen LogP contribution is -2.09. The highest BCUT2D eigenvalue weighted by molar-refractivity contribution is 6.30. The first-order chi connectivity index (χ1) is 11.6. The van der Waals surface area contributed by atoms with E-state index >= 15 is 0 Å². The van der Waals surface area contributed by atoms with Crippen molar-refractivity contribution in [2.45, 2.75) is 13.3 Å². The number of nitrogens with zero attached hydrogens (tertiary/aromatic N) is 3. The third-order valence-electron chi connectivity index (χ3n) is 3.87. The van der Waals surface area contributed by atoms with Gasteiger partial charge in [-0.15, -0.1) is 5.10 Å². The SMILES string of the molecule is COC[C@@H](C)Cc1nnc(-c2ccc(Cl)cc2O)c2ccncc12. The smallest absolute Gasteiger partial charge is 0.126 e. The van der Waals surface area contributed by atoms with Crippen LogP contribution in [0.15, 0.2) is 36.7 Å². The fourth-order valence-corrected chi connectivity index (χ4v) is 2.94. The predicted molar refractivity (Wildman–Crippen MR) is 94.2 cm³/mol. The van der Waals surface area contributed by atoms with Gasteiger partial charge in [-0.05, 0) is 36.6 Å². The van der Waals surface area contributed by atoms with Crippen LogP contribution in [0.1, 0.15) is 12.6 Å². The van der Waals surface area contributed by atoms with Crippen molar-refractivity contribution in [2.75, 3.05) is 13.7 Å². The van der Waals surface area contributed by atoms with Gasteiger partial charge in [0.05, 0.1) is 5.69 Å². The summed E-state index contributed by atoms with van der Waals surface area (Å²) < 4.78 is 5.20. The Kier molecular flexibility index (Phi) is 4.92. The van der Waals surface area contributed by atoms with E-state index in [9.17, 15) is 5.11 Å². The fraction of sp³-hybridized carbons (Fsp3) is 0.278. The Labute approximate surface area is 145 Å². The lowest BCUT2D eigenvalue weighted by Gasteiger charge is -2.13. The van der Waals surface area contributed by atoms with E-state index in [1.807, 2.05) is 6.07 Å². The zero-order chi connectivity index (χ0) is 17.1. The van der Waals surface area contributed by atoms with Gasteiger partial charge in [0.15, 0.2) is 0 Å². The highest BCUT2D eigenvalue weighted by Gasteiger charge is 2.15. The molecule has 24 heavy (non-hydrogen) atoms. The second-order valence-electron chi connectivity index (χ2n) is 5.84. The molecular weight excluding hydrogens is 326 g/mol. The second kappa shape index (κ2) is 7.11. The number of ether oxygens (including phenoxy) is 1. The Hall–Kier alpha value is -2.24. The molecule has 3 rings (SSSR count). The summed E-state index contributed by atoms with van der Waals surface area (Å²) in [6.45, 7) is 2.76. The number of methoxy groups -OCH3 is 1. The second-order valence-corrected chi connectivity index (χ2v) is 6.28. The number of pyridine rings is 1. The van der Waals surface area contributed by atoms with Gasteiger partial charge in [-0.1, -0.05) is 18.5 Å². The maximum absolute atomic E-state index is 10.2. The van der Waals surface area contributed by atoms with Crippen LogP contribution in [0.5, 0.6) is 5.75 Å². The molecule has 0 spiro atoms. The summed E-state index contributed by atoms with van der Waals surface area (Å²) in [5.74, 6) is 0.401. The Morgan fingerprint density at radius 3 is 2.79 bits per heavy atom. The van der Waals surface area contributed by atoms with Crippen LogP contribution in [0.2, 0.25) is 5.02 Å². The summed E-state index contributed by atoms with van der Waals surface area (Å²) >= 11 is 5.92. The van der Waals surface area contributed by atoms with Crippen LogP contribution in [0.3, 0.4) is 0 Å². The van der Waals surface area contributed by atoms with Crippen molar-refractivity contribution < 1.29 is 9.84 Å². The molecule has 2 heterocycles. The number of aromatic hydroxyl groups is 1. The molecule has 1 aromatic carbocycles. The van der Waals surface area contributed by atoms with Crippen LogP contribution in [-0.4, -0.2) is 34.0 Å². The van der Waals surface area contributed by atoms with Gasteiger partial charge in [-0.2, -0.15) is 5.10 Å². The molecule has 0 aliphatic heterocycles. The molecule has 3 aromatic rings. The lowest BCUT2D eigenvalue weighted by atomic mass is 10.00. The maximum Gasteiger partial charge on any atom is 0.126 e. The standard InChI is InChI=1S/C18H18ClN3O2/c1-11(10-24-2)7-16-15-9-20-6-5-13(15)18(22-21-16)14-4-3-12(19)8-17(14)23/h3-6,8-9,11,23H,7,10H2,1-2H3/t11-/m0/s1. The first kappa shape index (κ1) is 16.6. The first-order valence-corrected chi connectivity index (χ1v) is 8.05. The molecule has 0 unspecified atom stereocenters. The molecule has 124 valence electrons. The summed E-state index contributed by atoms with van der Waals surface area (Å²) in [7, 11) is 1.69. The molecule has 0 saturated heterocycles. The van der Waals surface area contributed by atoms with Crippen molar-refractivity contribution in [2.24, 2.45) is 5.92 Å². The number of aromatic nitrogens is 3. The summed E-state index contributed by atoms with van der Waals surface area (Å²) in [5.41, 5.74) is 2.09. The van der Waals surface area contributed by atoms with Crippen molar-refractivity contribution in [3.63, 3.8) is 0 Å². The first-order valence-electron chi connectivity index (χ1n) is 7.67. The maximum atomic E-state index is 10.2. The number of rotatable bonds is 5. The van der Waals surface area contributed by atoms with Crippen molar-refractivity contribution in [3.8, 4) is 17.0 Å². The molecule has 2 aromatic heterocycles. The molecule has 1 atom stereocenters. The van der Waals surface area contributed by atoms with Crippen molar-refractivity contribution in [3.05, 3.63) is 47.4 Å². The van der Waals surface area contributed by atoms with Crippen LogP contribution in [0, 0.1) is 5.92 Å². The summed E-state index contributed by atoms with van der Waals surface area (Å²) in [6, 6.07) is 6.85. The number of phenolic OH excluding ortho intramolecular Hbond substituents is 1. The molecule has 0 aliphatic rings. The minimum absolute atomic E-state index is 0.0791. The van der Waals surface area contributed by atoms with Crippen LogP contribution >= 0.6 is 11.6 Å². The summed E-state index contributed by atoms with van der Waals surface area (Å²) in [4.78, 5) is 4.22. The summed E-state index contributed by atoms with van der Waals surface area (Å²) in [5, 5.41) is 21.2. The van der Waals surface area contributed by atoms with Gasteiger partial charge in [0.25, 0.3) is 0 Å². The topological polar surface area (TPSA) is 68.1 Å². The van der Waals surface area contributed by atoms with E-state index in [-0.39, 0.29) is 5.75 Å². The number of phenols is 1. The third-order valence-corrected chi connectivity index (χ3v) is 4.10. The number of benzene rings is 1. The Bertz CT molecular complexity index is 870. The Morgan fingerprint density at radius 2 is 2.04 bits per heavy atom. The van der Waals surface area contributed by atoms with E-state index < -0.39 is 0 Å². The van der Waals surface area contributed by atoms with E-state index in [2.05, 4.69) is 22.1 Å². The van der Waals surface area contributed by atoms with Crippen molar-refractivity contribution in [1.29, 1.82) is 0 Å². The zero-order valence-corrected chi connectivity index (χ0v) is 14.3. The number of fused-ring (bicyclic) bond motifs is 1. The van der Waals surface area contributed by atoms with Gasteiger partial charge in [0.1, 0.15) is 11.4 Å². The normalized spacial score (nSPS) is 12.5. The van der Waals surface area contributed by atoms with Crippen LogP contribution in [0.4, 0.5) is 0 Å². The van der Waals surface area contributed by atoms with E-state index in [1.54, 1.807) is 31.6 Å². The highest BCUT2D eigenvalue weighted by Crippen LogP contribution is 2.34. The average molecular weight is 344 g/mol. The van der Waals surface area contributed by atoms with E-state index in [4.69, 9.17) is 16.3 Å². The van der Waals surface area contributed by atoms with Crippen molar-refractivity contribution >= 4 is 22.4 Å². The molecule has 0 radical (unpaired) electrons. The highest BCUT2D eigenvalue weighted by atomic mass is 35.5. The van der Waals surface area contributed by atoms with Crippen LogP contribution < -0.4 is 0 Å². The molecule has 0 fully saturated rings. The fourth-order valence-electron chi connectivity index (χ4n) is 2.78. The Morgan fingerprint density at radius 1 is 1.21 bits per heavy atom. The van der Waals surface area contributed by atoms with Crippen LogP contribution in [-0.2, 0) is 11.2 Å². The van der Waals surface area contributed by atoms with Gasteiger partial charge in [-0.3, -0.25) is 4.98 Å². The summed E-state index contributed by atoms with van der Waals surface area (Å²) in [6.07, 6.45) is 4.24. The number of hydrogen-bond donors (Lipinski definition) is 1. The van der Waals surface area contributed by atoms with Gasteiger partial charge < -0.3 is 9.84 Å². The molecule has 0 bridgehead atoms. The molecule has 0 amide bonds. The van der Waals surface area contributed by atoms with E-state index in [0.29, 0.717) is 28.8 Å². The van der Waals surface area contributed by atoms with Gasteiger partial charge >= 0.3 is 0 Å². The average Bonchev–Trinajstić information content (AvgIpc) is 2.56.